The molecule has 1 radical (unpaired) electrons. The molecule has 0 heterocycles. The standard InChI is InChI=1S/C8H10NO2S/c1-7-3-5-8(6-4-7)12(10,11)9-2/h3-6,9H,1H2,2H3. The van der Waals surface area contributed by atoms with Gasteiger partial charge in [-0.3, -0.25) is 0 Å². The van der Waals surface area contributed by atoms with E-state index in [9.17, 15) is 8.42 Å². The Morgan fingerprint density at radius 2 is 1.75 bits per heavy atom. The number of hydrogen-bond acceptors (Lipinski definition) is 2. The van der Waals surface area contributed by atoms with Gasteiger partial charge in [0.05, 0.1) is 4.90 Å². The summed E-state index contributed by atoms with van der Waals surface area (Å²) in [7, 11) is -1.91. The molecule has 0 aliphatic heterocycles. The summed E-state index contributed by atoms with van der Waals surface area (Å²) in [4.78, 5) is 0.261. The predicted molar refractivity (Wildman–Crippen MR) is 47.1 cm³/mol. The van der Waals surface area contributed by atoms with Crippen molar-refractivity contribution >= 4 is 10.0 Å². The first kappa shape index (κ1) is 9.22. The van der Waals surface area contributed by atoms with Gasteiger partial charge in [0.1, 0.15) is 0 Å². The Labute approximate surface area is 72.5 Å². The van der Waals surface area contributed by atoms with Crippen LogP contribution in [0.25, 0.3) is 0 Å². The molecule has 65 valence electrons. The SMILES string of the molecule is [CH2]c1ccc(S(=O)(=O)NC)cc1. The van der Waals surface area contributed by atoms with Gasteiger partial charge in [-0.25, -0.2) is 13.1 Å². The van der Waals surface area contributed by atoms with Gasteiger partial charge in [-0.2, -0.15) is 0 Å². The van der Waals surface area contributed by atoms with E-state index in [4.69, 9.17) is 0 Å². The van der Waals surface area contributed by atoms with Crippen LogP contribution in [0.3, 0.4) is 0 Å². The maximum Gasteiger partial charge on any atom is 0.240 e. The molecule has 0 unspecified atom stereocenters. The number of nitrogens with one attached hydrogen (secondary N) is 1. The highest BCUT2D eigenvalue weighted by atomic mass is 32.2. The van der Waals surface area contributed by atoms with Crippen molar-refractivity contribution in [2.75, 3.05) is 7.05 Å². The lowest BCUT2D eigenvalue weighted by molar-refractivity contribution is 0.588. The summed E-state index contributed by atoms with van der Waals surface area (Å²) < 4.78 is 24.6. The highest BCUT2D eigenvalue weighted by molar-refractivity contribution is 7.89. The van der Waals surface area contributed by atoms with Crippen LogP contribution >= 0.6 is 0 Å². The van der Waals surface area contributed by atoms with Crippen LogP contribution in [-0.4, -0.2) is 15.5 Å². The zero-order chi connectivity index (χ0) is 9.19. The summed E-state index contributed by atoms with van der Waals surface area (Å²) >= 11 is 0. The molecule has 0 bridgehead atoms. The molecule has 1 aromatic rings. The zero-order valence-electron chi connectivity index (χ0n) is 6.74. The summed E-state index contributed by atoms with van der Waals surface area (Å²) in [6.45, 7) is 3.65. The Hall–Kier alpha value is -0.870. The summed E-state index contributed by atoms with van der Waals surface area (Å²) in [5.41, 5.74) is 0.796. The van der Waals surface area contributed by atoms with E-state index in [1.165, 1.54) is 19.2 Å². The van der Waals surface area contributed by atoms with Gasteiger partial charge in [0.25, 0.3) is 0 Å². The quantitative estimate of drug-likeness (QED) is 0.738. The van der Waals surface area contributed by atoms with E-state index in [1.54, 1.807) is 12.1 Å². The molecule has 0 spiro atoms. The van der Waals surface area contributed by atoms with Gasteiger partial charge in [0, 0.05) is 0 Å². The van der Waals surface area contributed by atoms with Gasteiger partial charge in [-0.15, -0.1) is 0 Å². The van der Waals surface area contributed by atoms with Crippen molar-refractivity contribution in [1.82, 2.24) is 4.72 Å². The molecule has 0 aliphatic carbocycles. The minimum atomic E-state index is -3.29. The van der Waals surface area contributed by atoms with Gasteiger partial charge in [0.15, 0.2) is 0 Å². The lowest BCUT2D eigenvalue weighted by Gasteiger charge is -2.01. The average molecular weight is 184 g/mol. The van der Waals surface area contributed by atoms with E-state index in [1.807, 2.05) is 0 Å². The fourth-order valence-electron chi connectivity index (χ4n) is 0.786. The maximum atomic E-state index is 11.2. The van der Waals surface area contributed by atoms with Crippen molar-refractivity contribution in [3.63, 3.8) is 0 Å². The summed E-state index contributed by atoms with van der Waals surface area (Å²) in [6.07, 6.45) is 0. The number of rotatable bonds is 2. The van der Waals surface area contributed by atoms with Crippen molar-refractivity contribution in [3.8, 4) is 0 Å². The van der Waals surface area contributed by atoms with Gasteiger partial charge < -0.3 is 0 Å². The van der Waals surface area contributed by atoms with Crippen LogP contribution in [0, 0.1) is 6.92 Å². The normalized spacial score (nSPS) is 11.5. The Kier molecular flexibility index (Phi) is 2.49. The summed E-state index contributed by atoms with van der Waals surface area (Å²) in [5, 5.41) is 0. The molecular weight excluding hydrogens is 174 g/mol. The highest BCUT2D eigenvalue weighted by Crippen LogP contribution is 2.08. The van der Waals surface area contributed by atoms with Crippen molar-refractivity contribution in [2.45, 2.75) is 4.90 Å². The van der Waals surface area contributed by atoms with Gasteiger partial charge in [-0.05, 0) is 31.7 Å². The first-order valence-corrected chi connectivity index (χ1v) is 4.90. The average Bonchev–Trinajstić information content (AvgIpc) is 2.05. The van der Waals surface area contributed by atoms with E-state index in [0.29, 0.717) is 0 Å². The lowest BCUT2D eigenvalue weighted by Crippen LogP contribution is -2.18. The van der Waals surface area contributed by atoms with Crippen LogP contribution in [0.1, 0.15) is 5.56 Å². The van der Waals surface area contributed by atoms with Crippen molar-refractivity contribution in [1.29, 1.82) is 0 Å². The second kappa shape index (κ2) is 3.25. The highest BCUT2D eigenvalue weighted by Gasteiger charge is 2.09. The Balaban J connectivity index is 3.14. The molecular formula is C8H10NO2S. The van der Waals surface area contributed by atoms with E-state index < -0.39 is 10.0 Å². The zero-order valence-corrected chi connectivity index (χ0v) is 7.56. The summed E-state index contributed by atoms with van der Waals surface area (Å²) in [5.74, 6) is 0. The molecule has 0 atom stereocenters. The minimum absolute atomic E-state index is 0.261. The Morgan fingerprint density at radius 3 is 2.17 bits per heavy atom. The third kappa shape index (κ3) is 1.84. The molecule has 1 rings (SSSR count). The van der Waals surface area contributed by atoms with Crippen LogP contribution in [0.15, 0.2) is 29.2 Å². The maximum absolute atomic E-state index is 11.2. The molecule has 4 heteroatoms. The summed E-state index contributed by atoms with van der Waals surface area (Å²) in [6, 6.07) is 6.36. The van der Waals surface area contributed by atoms with E-state index in [-0.39, 0.29) is 4.90 Å². The molecule has 1 N–H and O–H groups in total. The molecule has 1 aromatic carbocycles. The molecule has 0 aromatic heterocycles. The van der Waals surface area contributed by atoms with Crippen molar-refractivity contribution in [3.05, 3.63) is 36.8 Å². The molecule has 0 fully saturated rings. The third-order valence-electron chi connectivity index (χ3n) is 1.50. The van der Waals surface area contributed by atoms with Gasteiger partial charge in [0.2, 0.25) is 10.0 Å². The fraction of sp³-hybridized carbons (Fsp3) is 0.125. The second-order valence-corrected chi connectivity index (χ2v) is 4.24. The van der Waals surface area contributed by atoms with Crippen LogP contribution in [0.4, 0.5) is 0 Å². The van der Waals surface area contributed by atoms with E-state index >= 15 is 0 Å². The first-order chi connectivity index (χ1) is 5.56. The lowest BCUT2D eigenvalue weighted by atomic mass is 10.2. The molecule has 0 saturated heterocycles. The molecule has 0 amide bonds. The Morgan fingerprint density at radius 1 is 1.25 bits per heavy atom. The molecule has 3 nitrogen and oxygen atoms in total. The topological polar surface area (TPSA) is 46.2 Å². The van der Waals surface area contributed by atoms with Crippen LogP contribution < -0.4 is 4.72 Å². The largest absolute Gasteiger partial charge is 0.240 e. The number of sulfonamides is 1. The van der Waals surface area contributed by atoms with Crippen molar-refractivity contribution in [2.24, 2.45) is 0 Å². The van der Waals surface area contributed by atoms with Crippen LogP contribution in [0.5, 0.6) is 0 Å². The monoisotopic (exact) mass is 184 g/mol. The minimum Gasteiger partial charge on any atom is -0.214 e. The first-order valence-electron chi connectivity index (χ1n) is 3.42. The van der Waals surface area contributed by atoms with Crippen molar-refractivity contribution < 1.29 is 8.42 Å². The Bertz CT molecular complexity index is 353. The third-order valence-corrected chi connectivity index (χ3v) is 2.93. The molecule has 0 aliphatic rings. The van der Waals surface area contributed by atoms with Gasteiger partial charge >= 0.3 is 0 Å². The molecule has 12 heavy (non-hydrogen) atoms. The van der Waals surface area contributed by atoms with Crippen LogP contribution in [-0.2, 0) is 10.0 Å². The fourth-order valence-corrected chi connectivity index (χ4v) is 1.52. The van der Waals surface area contributed by atoms with Crippen LogP contribution in [0.2, 0.25) is 0 Å². The second-order valence-electron chi connectivity index (χ2n) is 2.35. The molecule has 0 saturated carbocycles. The number of benzene rings is 1. The smallest absolute Gasteiger partial charge is 0.214 e. The van der Waals surface area contributed by atoms with E-state index in [0.717, 1.165) is 5.56 Å². The predicted octanol–water partition coefficient (Wildman–Crippen LogP) is 0.777. The van der Waals surface area contributed by atoms with Gasteiger partial charge in [-0.1, -0.05) is 12.1 Å². The van der Waals surface area contributed by atoms with E-state index in [2.05, 4.69) is 11.6 Å². The number of hydrogen-bond donors (Lipinski definition) is 1.